The zero-order valence-electron chi connectivity index (χ0n) is 12.4. The predicted octanol–water partition coefficient (Wildman–Crippen LogP) is 2.26. The summed E-state index contributed by atoms with van der Waals surface area (Å²) in [6, 6.07) is 0.756. The third-order valence-electron chi connectivity index (χ3n) is 5.01. The third-order valence-corrected chi connectivity index (χ3v) is 6.06. The van der Waals surface area contributed by atoms with Crippen LogP contribution in [0.2, 0.25) is 0 Å². The molecule has 3 aliphatic rings. The maximum atomic E-state index is 12.8. The summed E-state index contributed by atoms with van der Waals surface area (Å²) in [6.45, 7) is 1.73. The number of rotatable bonds is 2. The minimum atomic E-state index is -0.705. The van der Waals surface area contributed by atoms with Gasteiger partial charge in [-0.3, -0.25) is 4.79 Å². The Morgan fingerprint density at radius 2 is 1.81 bits per heavy atom. The normalized spacial score (nSPS) is 32.9. The van der Waals surface area contributed by atoms with Gasteiger partial charge in [0, 0.05) is 37.3 Å². The first kappa shape index (κ1) is 15.0. The van der Waals surface area contributed by atoms with Crippen molar-refractivity contribution in [2.24, 2.45) is 5.92 Å². The molecule has 0 saturated carbocycles. The SMILES string of the molecule is O=C(O)CC1CC2CCC(C1)N2C(=O)N1CCCSCC1. The van der Waals surface area contributed by atoms with Gasteiger partial charge in [-0.15, -0.1) is 0 Å². The molecule has 21 heavy (non-hydrogen) atoms. The molecule has 0 aromatic rings. The summed E-state index contributed by atoms with van der Waals surface area (Å²) in [5.41, 5.74) is 0. The van der Waals surface area contributed by atoms with Crippen molar-refractivity contribution in [3.8, 4) is 0 Å². The Morgan fingerprint density at radius 1 is 1.10 bits per heavy atom. The molecule has 0 aromatic carbocycles. The molecule has 2 amide bonds. The standard InChI is InChI=1S/C15H24N2O3S/c18-14(19)10-11-8-12-2-3-13(9-11)17(12)15(20)16-4-1-6-21-7-5-16/h11-13H,1-10H2,(H,18,19). The van der Waals surface area contributed by atoms with Gasteiger partial charge in [0.2, 0.25) is 0 Å². The number of amides is 2. The number of thioether (sulfide) groups is 1. The molecule has 3 heterocycles. The topological polar surface area (TPSA) is 60.9 Å². The minimum Gasteiger partial charge on any atom is -0.481 e. The molecule has 3 saturated heterocycles. The Balaban J connectivity index is 1.64. The van der Waals surface area contributed by atoms with Crippen LogP contribution in [0.3, 0.4) is 0 Å². The first-order chi connectivity index (χ1) is 10.1. The number of hydrogen-bond acceptors (Lipinski definition) is 3. The van der Waals surface area contributed by atoms with Gasteiger partial charge in [-0.1, -0.05) is 0 Å². The lowest BCUT2D eigenvalue weighted by molar-refractivity contribution is -0.138. The molecular formula is C15H24N2O3S. The Kier molecular flexibility index (Phi) is 4.62. The van der Waals surface area contributed by atoms with Crippen LogP contribution in [0, 0.1) is 5.92 Å². The van der Waals surface area contributed by atoms with Crippen LogP contribution in [0.25, 0.3) is 0 Å². The van der Waals surface area contributed by atoms with Gasteiger partial charge in [0.1, 0.15) is 0 Å². The van der Waals surface area contributed by atoms with E-state index in [0.29, 0.717) is 0 Å². The molecule has 0 aromatic heterocycles. The van der Waals surface area contributed by atoms with Crippen LogP contribution in [0.15, 0.2) is 0 Å². The largest absolute Gasteiger partial charge is 0.481 e. The summed E-state index contributed by atoms with van der Waals surface area (Å²) in [4.78, 5) is 27.8. The molecular weight excluding hydrogens is 288 g/mol. The van der Waals surface area contributed by atoms with Gasteiger partial charge < -0.3 is 14.9 Å². The van der Waals surface area contributed by atoms with Crippen LogP contribution in [0.4, 0.5) is 4.79 Å². The number of urea groups is 1. The zero-order chi connectivity index (χ0) is 14.8. The smallest absolute Gasteiger partial charge is 0.320 e. The number of carboxylic acids is 1. The first-order valence-corrected chi connectivity index (χ1v) is 9.17. The third kappa shape index (κ3) is 3.30. The quantitative estimate of drug-likeness (QED) is 0.849. The van der Waals surface area contributed by atoms with E-state index in [9.17, 15) is 9.59 Å². The van der Waals surface area contributed by atoms with Crippen molar-refractivity contribution in [2.45, 2.75) is 50.6 Å². The molecule has 118 valence electrons. The monoisotopic (exact) mass is 312 g/mol. The highest BCUT2D eigenvalue weighted by atomic mass is 32.2. The lowest BCUT2D eigenvalue weighted by Gasteiger charge is -2.41. The lowest BCUT2D eigenvalue weighted by atomic mass is 9.88. The molecule has 2 unspecified atom stereocenters. The molecule has 5 nitrogen and oxygen atoms in total. The number of carboxylic acid groups (broad SMARTS) is 1. The van der Waals surface area contributed by atoms with E-state index < -0.39 is 5.97 Å². The van der Waals surface area contributed by atoms with Crippen LogP contribution in [0.5, 0.6) is 0 Å². The number of hydrogen-bond donors (Lipinski definition) is 1. The molecule has 3 fully saturated rings. The summed E-state index contributed by atoms with van der Waals surface area (Å²) >= 11 is 1.93. The number of fused-ring (bicyclic) bond motifs is 2. The van der Waals surface area contributed by atoms with Gasteiger partial charge in [0.25, 0.3) is 0 Å². The van der Waals surface area contributed by atoms with Crippen molar-refractivity contribution < 1.29 is 14.7 Å². The molecule has 0 radical (unpaired) electrons. The molecule has 3 rings (SSSR count). The van der Waals surface area contributed by atoms with Crippen LogP contribution < -0.4 is 0 Å². The summed E-state index contributed by atoms with van der Waals surface area (Å²) in [7, 11) is 0. The first-order valence-electron chi connectivity index (χ1n) is 8.02. The van der Waals surface area contributed by atoms with E-state index in [1.807, 2.05) is 16.7 Å². The second-order valence-corrected chi connectivity index (χ2v) is 7.69. The van der Waals surface area contributed by atoms with E-state index in [-0.39, 0.29) is 30.5 Å². The average molecular weight is 312 g/mol. The fourth-order valence-electron chi connectivity index (χ4n) is 4.12. The van der Waals surface area contributed by atoms with Crippen molar-refractivity contribution in [3.63, 3.8) is 0 Å². The number of piperidine rings is 1. The van der Waals surface area contributed by atoms with Crippen molar-refractivity contribution in [1.29, 1.82) is 0 Å². The van der Waals surface area contributed by atoms with Gasteiger partial charge in [-0.2, -0.15) is 11.8 Å². The van der Waals surface area contributed by atoms with Crippen molar-refractivity contribution in [3.05, 3.63) is 0 Å². The number of aliphatic carboxylic acids is 1. The van der Waals surface area contributed by atoms with Gasteiger partial charge in [-0.25, -0.2) is 4.79 Å². The Morgan fingerprint density at radius 3 is 2.48 bits per heavy atom. The minimum absolute atomic E-state index is 0.207. The Hall–Kier alpha value is -0.910. The molecule has 2 atom stereocenters. The van der Waals surface area contributed by atoms with Gasteiger partial charge in [-0.05, 0) is 43.8 Å². The molecule has 0 aliphatic carbocycles. The van der Waals surface area contributed by atoms with E-state index in [1.165, 1.54) is 0 Å². The summed E-state index contributed by atoms with van der Waals surface area (Å²) in [5.74, 6) is 1.74. The summed E-state index contributed by atoms with van der Waals surface area (Å²) < 4.78 is 0. The van der Waals surface area contributed by atoms with Gasteiger partial charge in [0.05, 0.1) is 0 Å². The van der Waals surface area contributed by atoms with Crippen molar-refractivity contribution in [2.75, 3.05) is 24.6 Å². The van der Waals surface area contributed by atoms with Crippen LogP contribution in [-0.4, -0.2) is 63.6 Å². The van der Waals surface area contributed by atoms with E-state index in [1.54, 1.807) is 0 Å². The Bertz CT molecular complexity index is 396. The van der Waals surface area contributed by atoms with E-state index >= 15 is 0 Å². The van der Waals surface area contributed by atoms with Crippen LogP contribution >= 0.6 is 11.8 Å². The van der Waals surface area contributed by atoms with E-state index in [2.05, 4.69) is 4.90 Å². The molecule has 2 bridgehead atoms. The summed E-state index contributed by atoms with van der Waals surface area (Å²) in [6.07, 6.45) is 5.19. The second kappa shape index (κ2) is 6.46. The van der Waals surface area contributed by atoms with E-state index in [4.69, 9.17) is 5.11 Å². The highest BCUT2D eigenvalue weighted by molar-refractivity contribution is 7.99. The molecule has 3 aliphatic heterocycles. The van der Waals surface area contributed by atoms with Crippen LogP contribution in [0.1, 0.15) is 38.5 Å². The Labute approximate surface area is 130 Å². The van der Waals surface area contributed by atoms with Gasteiger partial charge in [0.15, 0.2) is 0 Å². The fraction of sp³-hybridized carbons (Fsp3) is 0.867. The van der Waals surface area contributed by atoms with Crippen LogP contribution in [-0.2, 0) is 4.79 Å². The highest BCUT2D eigenvalue weighted by Gasteiger charge is 2.44. The molecule has 1 N–H and O–H groups in total. The second-order valence-electron chi connectivity index (χ2n) is 6.46. The average Bonchev–Trinajstić information content (AvgIpc) is 2.65. The maximum absolute atomic E-state index is 12.8. The molecule has 0 spiro atoms. The molecule has 6 heteroatoms. The predicted molar refractivity (Wildman–Crippen MR) is 82.5 cm³/mol. The number of carbonyl (C=O) groups excluding carboxylic acids is 1. The van der Waals surface area contributed by atoms with Crippen molar-refractivity contribution >= 4 is 23.8 Å². The van der Waals surface area contributed by atoms with Gasteiger partial charge >= 0.3 is 12.0 Å². The number of carbonyl (C=O) groups is 2. The zero-order valence-corrected chi connectivity index (χ0v) is 13.2. The summed E-state index contributed by atoms with van der Waals surface area (Å²) in [5, 5.41) is 8.98. The van der Waals surface area contributed by atoms with Crippen molar-refractivity contribution in [1.82, 2.24) is 9.80 Å². The van der Waals surface area contributed by atoms with E-state index in [0.717, 1.165) is 56.7 Å². The maximum Gasteiger partial charge on any atom is 0.320 e. The lowest BCUT2D eigenvalue weighted by Crippen LogP contribution is -2.52. The fourth-order valence-corrected chi connectivity index (χ4v) is 5.00. The highest BCUT2D eigenvalue weighted by Crippen LogP contribution is 2.40. The number of nitrogens with zero attached hydrogens (tertiary/aromatic N) is 2.